The van der Waals surface area contributed by atoms with Gasteiger partial charge in [-0.3, -0.25) is 0 Å². The van der Waals surface area contributed by atoms with Crippen LogP contribution in [-0.4, -0.2) is 13.3 Å². The normalized spacial score (nSPS) is 12.8. The summed E-state index contributed by atoms with van der Waals surface area (Å²) in [5, 5.41) is 0. The Morgan fingerprint density at radius 3 is 2.27 bits per heavy atom. The van der Waals surface area contributed by atoms with E-state index in [-0.39, 0.29) is 10.5 Å². The van der Waals surface area contributed by atoms with Crippen LogP contribution in [0.15, 0.2) is 64.4 Å². The number of hydrogen-bond donors (Lipinski definition) is 0. The fraction of sp³-hybridized carbons (Fsp3) is 0.176. The summed E-state index contributed by atoms with van der Waals surface area (Å²) in [6.07, 6.45) is -4.43. The van der Waals surface area contributed by atoms with Crippen molar-refractivity contribution in [3.63, 3.8) is 0 Å². The van der Waals surface area contributed by atoms with Crippen LogP contribution in [0.1, 0.15) is 12.5 Å². The molecule has 0 atom stereocenters. The van der Waals surface area contributed by atoms with E-state index in [4.69, 9.17) is 4.74 Å². The second kappa shape index (κ2) is 6.92. The van der Waals surface area contributed by atoms with Gasteiger partial charge in [0.05, 0.1) is 12.7 Å². The van der Waals surface area contributed by atoms with Gasteiger partial charge in [0.15, 0.2) is 0 Å². The Morgan fingerprint density at radius 1 is 1.00 bits per heavy atom. The largest absolute Gasteiger partial charge is 0.497 e. The predicted octanol–water partition coefficient (Wildman–Crippen LogP) is 5.78. The van der Waals surface area contributed by atoms with Gasteiger partial charge in [-0.1, -0.05) is 42.1 Å². The lowest BCUT2D eigenvalue weighted by Gasteiger charge is -2.16. The molecule has 0 aliphatic heterocycles. The summed E-state index contributed by atoms with van der Waals surface area (Å²) in [7, 11) is 1.43. The third-order valence-electron chi connectivity index (χ3n) is 3.01. The molecule has 0 saturated heterocycles. The number of halogens is 3. The van der Waals surface area contributed by atoms with E-state index in [1.807, 2.05) is 6.07 Å². The van der Waals surface area contributed by atoms with Crippen LogP contribution in [0.25, 0.3) is 5.57 Å². The summed E-state index contributed by atoms with van der Waals surface area (Å²) in [6, 6.07) is 15.0. The van der Waals surface area contributed by atoms with Gasteiger partial charge in [-0.05, 0) is 41.7 Å². The molecule has 116 valence electrons. The minimum atomic E-state index is -4.43. The first-order valence-electron chi connectivity index (χ1n) is 6.57. The molecule has 0 amide bonds. The molecule has 2 aromatic rings. The van der Waals surface area contributed by atoms with E-state index in [1.54, 1.807) is 36.4 Å². The average molecular weight is 324 g/mol. The highest BCUT2D eigenvalue weighted by Gasteiger charge is 2.36. The Morgan fingerprint density at radius 2 is 1.68 bits per heavy atom. The zero-order chi connectivity index (χ0) is 16.2. The number of alkyl halides is 3. The zero-order valence-electron chi connectivity index (χ0n) is 12.1. The quantitative estimate of drug-likeness (QED) is 0.659. The highest BCUT2D eigenvalue weighted by Crippen LogP contribution is 2.42. The topological polar surface area (TPSA) is 9.23 Å². The molecule has 0 saturated carbocycles. The van der Waals surface area contributed by atoms with Gasteiger partial charge < -0.3 is 4.74 Å². The Labute approximate surface area is 131 Å². The molecule has 5 heteroatoms. The van der Waals surface area contributed by atoms with Crippen LogP contribution in [-0.2, 0) is 0 Å². The van der Waals surface area contributed by atoms with E-state index in [1.165, 1.54) is 26.2 Å². The van der Waals surface area contributed by atoms with Crippen LogP contribution >= 0.6 is 11.8 Å². The Balaban J connectivity index is 2.47. The van der Waals surface area contributed by atoms with Crippen molar-refractivity contribution >= 4 is 17.3 Å². The fourth-order valence-corrected chi connectivity index (χ4v) is 3.04. The van der Waals surface area contributed by atoms with E-state index in [2.05, 4.69) is 0 Å². The number of hydrogen-bond acceptors (Lipinski definition) is 2. The molecule has 0 unspecified atom stereocenters. The van der Waals surface area contributed by atoms with Crippen LogP contribution in [0.5, 0.6) is 5.75 Å². The maximum absolute atomic E-state index is 13.5. The molecule has 0 radical (unpaired) electrons. The summed E-state index contributed by atoms with van der Waals surface area (Å²) in [5.74, 6) is 0.400. The molecule has 0 spiro atoms. The van der Waals surface area contributed by atoms with Crippen molar-refractivity contribution in [2.45, 2.75) is 18.0 Å². The lowest BCUT2D eigenvalue weighted by Crippen LogP contribution is -2.12. The van der Waals surface area contributed by atoms with Crippen molar-refractivity contribution in [3.8, 4) is 5.75 Å². The lowest BCUT2D eigenvalue weighted by molar-refractivity contribution is -0.0691. The average Bonchev–Trinajstić information content (AvgIpc) is 2.47. The van der Waals surface area contributed by atoms with Crippen LogP contribution in [0.2, 0.25) is 0 Å². The molecule has 0 fully saturated rings. The molecule has 0 aromatic heterocycles. The summed E-state index contributed by atoms with van der Waals surface area (Å²) < 4.78 is 45.5. The lowest BCUT2D eigenvalue weighted by atomic mass is 10.1. The highest BCUT2D eigenvalue weighted by atomic mass is 32.2. The van der Waals surface area contributed by atoms with Crippen LogP contribution in [0.4, 0.5) is 13.2 Å². The first-order valence-corrected chi connectivity index (χ1v) is 7.39. The van der Waals surface area contributed by atoms with Crippen molar-refractivity contribution < 1.29 is 17.9 Å². The van der Waals surface area contributed by atoms with Crippen LogP contribution < -0.4 is 4.74 Å². The van der Waals surface area contributed by atoms with Crippen LogP contribution in [0.3, 0.4) is 0 Å². The molecule has 0 bridgehead atoms. The monoisotopic (exact) mass is 324 g/mol. The maximum Gasteiger partial charge on any atom is 0.417 e. The summed E-state index contributed by atoms with van der Waals surface area (Å²) in [4.78, 5) is 0.969. The first-order chi connectivity index (χ1) is 10.4. The van der Waals surface area contributed by atoms with Crippen molar-refractivity contribution in [2.75, 3.05) is 7.11 Å². The van der Waals surface area contributed by atoms with E-state index < -0.39 is 11.7 Å². The van der Waals surface area contributed by atoms with Gasteiger partial charge in [0.1, 0.15) is 5.75 Å². The fourth-order valence-electron chi connectivity index (χ4n) is 2.06. The van der Waals surface area contributed by atoms with Crippen LogP contribution in [0, 0.1) is 0 Å². The third kappa shape index (κ3) is 4.07. The highest BCUT2D eigenvalue weighted by molar-refractivity contribution is 8.03. The molecule has 0 N–H and O–H groups in total. The van der Waals surface area contributed by atoms with Crippen molar-refractivity contribution in [1.82, 2.24) is 0 Å². The summed E-state index contributed by atoms with van der Waals surface area (Å²) in [6.45, 7) is 1.49. The molecule has 0 aliphatic rings. The molecule has 2 aromatic carbocycles. The molecule has 1 nitrogen and oxygen atoms in total. The molecule has 2 rings (SSSR count). The second-order valence-electron chi connectivity index (χ2n) is 4.58. The number of methoxy groups -OCH3 is 1. The Kier molecular flexibility index (Phi) is 5.19. The van der Waals surface area contributed by atoms with Gasteiger partial charge >= 0.3 is 6.18 Å². The third-order valence-corrected chi connectivity index (χ3v) is 4.03. The van der Waals surface area contributed by atoms with Gasteiger partial charge in [-0.2, -0.15) is 13.2 Å². The summed E-state index contributed by atoms with van der Waals surface area (Å²) >= 11 is 1.11. The minimum absolute atomic E-state index is 0.104. The molecular weight excluding hydrogens is 309 g/mol. The number of allylic oxidation sites excluding steroid dienone is 2. The van der Waals surface area contributed by atoms with Crippen molar-refractivity contribution in [2.24, 2.45) is 0 Å². The standard InChI is InChI=1S/C17H15F3OS/c1-12(22-15-9-4-3-5-10-15)16(17(18,19)20)13-7-6-8-14(11-13)21-2/h3-11H,1-2H3/b16-12+. The van der Waals surface area contributed by atoms with Gasteiger partial charge in [0.2, 0.25) is 0 Å². The number of benzene rings is 2. The van der Waals surface area contributed by atoms with E-state index in [0.717, 1.165) is 16.7 Å². The summed E-state index contributed by atoms with van der Waals surface area (Å²) in [5.41, 5.74) is -0.534. The van der Waals surface area contributed by atoms with Crippen molar-refractivity contribution in [3.05, 3.63) is 65.1 Å². The second-order valence-corrected chi connectivity index (χ2v) is 5.86. The number of ether oxygens (including phenoxy) is 1. The number of rotatable bonds is 4. The first kappa shape index (κ1) is 16.5. The molecule has 22 heavy (non-hydrogen) atoms. The maximum atomic E-state index is 13.5. The smallest absolute Gasteiger partial charge is 0.417 e. The van der Waals surface area contributed by atoms with Gasteiger partial charge in [-0.15, -0.1) is 0 Å². The van der Waals surface area contributed by atoms with E-state index in [0.29, 0.717) is 5.75 Å². The Bertz CT molecular complexity index is 663. The predicted molar refractivity (Wildman–Crippen MR) is 83.9 cm³/mol. The van der Waals surface area contributed by atoms with Crippen molar-refractivity contribution in [1.29, 1.82) is 0 Å². The molecular formula is C17H15F3OS. The van der Waals surface area contributed by atoms with Gasteiger partial charge in [0, 0.05) is 4.90 Å². The van der Waals surface area contributed by atoms with E-state index in [9.17, 15) is 13.2 Å². The van der Waals surface area contributed by atoms with Gasteiger partial charge in [0.25, 0.3) is 0 Å². The minimum Gasteiger partial charge on any atom is -0.497 e. The van der Waals surface area contributed by atoms with E-state index >= 15 is 0 Å². The Hall–Kier alpha value is -1.88. The number of thioether (sulfide) groups is 1. The SMILES string of the molecule is COc1cccc(/C(=C(/C)Sc2ccccc2)C(F)(F)F)c1. The molecule has 0 heterocycles. The zero-order valence-corrected chi connectivity index (χ0v) is 13.0. The molecule has 0 aliphatic carbocycles. The van der Waals surface area contributed by atoms with Gasteiger partial charge in [-0.25, -0.2) is 0 Å².